The largest absolute Gasteiger partial charge is 0.396 e. The van der Waals surface area contributed by atoms with Crippen LogP contribution in [0.25, 0.3) is 0 Å². The minimum Gasteiger partial charge on any atom is -0.396 e. The summed E-state index contributed by atoms with van der Waals surface area (Å²) in [5.41, 5.74) is 0. The molecule has 3 saturated carbocycles. The molecule has 2 heteroatoms. The molecule has 3 fully saturated rings. The SMILES string of the molecule is OC[C@@H]1C[C@@H]2[C@H]3CC[C@@H](C3)[C@H]2[C@@H]1CO. The summed E-state index contributed by atoms with van der Waals surface area (Å²) in [6.45, 7) is 0.591. The van der Waals surface area contributed by atoms with Crippen molar-refractivity contribution in [2.75, 3.05) is 13.2 Å². The summed E-state index contributed by atoms with van der Waals surface area (Å²) >= 11 is 0. The molecule has 3 aliphatic rings. The van der Waals surface area contributed by atoms with Gasteiger partial charge in [0.1, 0.15) is 0 Å². The van der Waals surface area contributed by atoms with Crippen molar-refractivity contribution in [2.45, 2.75) is 25.7 Å². The van der Waals surface area contributed by atoms with E-state index in [4.69, 9.17) is 0 Å². The van der Waals surface area contributed by atoms with E-state index in [9.17, 15) is 10.2 Å². The lowest BCUT2D eigenvalue weighted by Crippen LogP contribution is -2.27. The highest BCUT2D eigenvalue weighted by Crippen LogP contribution is 2.61. The Labute approximate surface area is 85.3 Å². The maximum Gasteiger partial charge on any atom is 0.0465 e. The van der Waals surface area contributed by atoms with Crippen LogP contribution in [0.5, 0.6) is 0 Å². The van der Waals surface area contributed by atoms with Crippen LogP contribution in [0.15, 0.2) is 0 Å². The number of hydrogen-bond donors (Lipinski definition) is 2. The van der Waals surface area contributed by atoms with Crippen molar-refractivity contribution in [1.29, 1.82) is 0 Å². The standard InChI is InChI=1S/C12H20O2/c13-5-9-4-10-7-1-2-8(3-7)12(10)11(9)6-14/h7-14H,1-6H2/t7-,8-,9-,10+,11+,12+/m0/s1. The van der Waals surface area contributed by atoms with E-state index in [0.717, 1.165) is 23.7 Å². The monoisotopic (exact) mass is 196 g/mol. The first kappa shape index (κ1) is 9.17. The van der Waals surface area contributed by atoms with E-state index in [1.807, 2.05) is 0 Å². The first-order valence-corrected chi connectivity index (χ1v) is 6.07. The number of hydrogen-bond acceptors (Lipinski definition) is 2. The second-order valence-electron chi connectivity index (χ2n) is 5.60. The zero-order valence-electron chi connectivity index (χ0n) is 8.60. The highest BCUT2D eigenvalue weighted by molar-refractivity contribution is 5.04. The predicted octanol–water partition coefficient (Wildman–Crippen LogP) is 1.27. The third-order valence-corrected chi connectivity index (χ3v) is 5.28. The normalized spacial score (nSPS) is 55.3. The molecule has 0 aromatic rings. The maximum absolute atomic E-state index is 9.43. The average molecular weight is 196 g/mol. The van der Waals surface area contributed by atoms with Gasteiger partial charge in [0, 0.05) is 13.2 Å². The van der Waals surface area contributed by atoms with Crippen LogP contribution in [0.3, 0.4) is 0 Å². The van der Waals surface area contributed by atoms with Crippen molar-refractivity contribution in [3.63, 3.8) is 0 Å². The smallest absolute Gasteiger partial charge is 0.0465 e. The fraction of sp³-hybridized carbons (Fsp3) is 1.00. The first-order chi connectivity index (χ1) is 6.85. The summed E-state index contributed by atoms with van der Waals surface area (Å²) in [5.74, 6) is 4.26. The molecule has 14 heavy (non-hydrogen) atoms. The van der Waals surface area contributed by atoms with Gasteiger partial charge < -0.3 is 10.2 Å². The average Bonchev–Trinajstić information content (AvgIpc) is 2.87. The van der Waals surface area contributed by atoms with E-state index >= 15 is 0 Å². The van der Waals surface area contributed by atoms with Crippen LogP contribution in [0.1, 0.15) is 25.7 Å². The Kier molecular flexibility index (Phi) is 2.10. The van der Waals surface area contributed by atoms with E-state index in [1.165, 1.54) is 25.7 Å². The molecule has 0 aromatic heterocycles. The molecule has 80 valence electrons. The first-order valence-electron chi connectivity index (χ1n) is 6.07. The highest BCUT2D eigenvalue weighted by atomic mass is 16.3. The molecule has 3 aliphatic carbocycles. The quantitative estimate of drug-likeness (QED) is 0.698. The maximum atomic E-state index is 9.43. The van der Waals surface area contributed by atoms with Crippen LogP contribution >= 0.6 is 0 Å². The van der Waals surface area contributed by atoms with Crippen LogP contribution in [0.4, 0.5) is 0 Å². The lowest BCUT2D eigenvalue weighted by molar-refractivity contribution is 0.0967. The lowest BCUT2D eigenvalue weighted by atomic mass is 9.77. The van der Waals surface area contributed by atoms with Crippen molar-refractivity contribution in [2.24, 2.45) is 35.5 Å². The molecule has 0 radical (unpaired) electrons. The Morgan fingerprint density at radius 3 is 2.43 bits per heavy atom. The number of fused-ring (bicyclic) bond motifs is 5. The van der Waals surface area contributed by atoms with Crippen molar-refractivity contribution >= 4 is 0 Å². The molecule has 2 N–H and O–H groups in total. The molecule has 2 nitrogen and oxygen atoms in total. The van der Waals surface area contributed by atoms with Gasteiger partial charge in [0.05, 0.1) is 0 Å². The molecule has 0 amide bonds. The summed E-state index contributed by atoms with van der Waals surface area (Å²) in [6, 6.07) is 0. The van der Waals surface area contributed by atoms with Gasteiger partial charge in [0.15, 0.2) is 0 Å². The second-order valence-corrected chi connectivity index (χ2v) is 5.60. The van der Waals surface area contributed by atoms with E-state index in [0.29, 0.717) is 18.4 Å². The van der Waals surface area contributed by atoms with Gasteiger partial charge in [-0.3, -0.25) is 0 Å². The molecular formula is C12H20O2. The van der Waals surface area contributed by atoms with Crippen molar-refractivity contribution in [1.82, 2.24) is 0 Å². The van der Waals surface area contributed by atoms with Gasteiger partial charge in [-0.15, -0.1) is 0 Å². The van der Waals surface area contributed by atoms with Gasteiger partial charge in [-0.05, 0) is 61.2 Å². The summed E-state index contributed by atoms with van der Waals surface area (Å²) in [6.07, 6.45) is 5.42. The zero-order chi connectivity index (χ0) is 9.71. The van der Waals surface area contributed by atoms with Gasteiger partial charge >= 0.3 is 0 Å². The van der Waals surface area contributed by atoms with Crippen LogP contribution < -0.4 is 0 Å². The number of aliphatic hydroxyl groups is 2. The Morgan fingerprint density at radius 2 is 1.71 bits per heavy atom. The van der Waals surface area contributed by atoms with E-state index in [2.05, 4.69) is 0 Å². The van der Waals surface area contributed by atoms with E-state index in [1.54, 1.807) is 0 Å². The molecule has 0 saturated heterocycles. The summed E-state index contributed by atoms with van der Waals surface area (Å²) in [7, 11) is 0. The Hall–Kier alpha value is -0.0800. The molecule has 6 atom stereocenters. The number of aliphatic hydroxyl groups excluding tert-OH is 2. The van der Waals surface area contributed by atoms with Crippen molar-refractivity contribution in [3.05, 3.63) is 0 Å². The second kappa shape index (κ2) is 3.21. The zero-order valence-corrected chi connectivity index (χ0v) is 8.60. The molecule has 0 spiro atoms. The third-order valence-electron chi connectivity index (χ3n) is 5.28. The molecule has 0 aliphatic heterocycles. The summed E-state index contributed by atoms with van der Waals surface area (Å²) < 4.78 is 0. The van der Waals surface area contributed by atoms with Gasteiger partial charge in [-0.1, -0.05) is 0 Å². The Bertz CT molecular complexity index is 228. The summed E-state index contributed by atoms with van der Waals surface area (Å²) in [5, 5.41) is 18.7. The highest BCUT2D eigenvalue weighted by Gasteiger charge is 2.55. The van der Waals surface area contributed by atoms with Gasteiger partial charge in [0.25, 0.3) is 0 Å². The molecule has 2 bridgehead atoms. The molecule has 0 heterocycles. The van der Waals surface area contributed by atoms with Crippen LogP contribution in [-0.2, 0) is 0 Å². The lowest BCUT2D eigenvalue weighted by Gasteiger charge is -2.28. The minimum atomic E-state index is 0.289. The molecular weight excluding hydrogens is 176 g/mol. The molecule has 0 unspecified atom stereocenters. The van der Waals surface area contributed by atoms with Crippen LogP contribution in [0, 0.1) is 35.5 Å². The van der Waals surface area contributed by atoms with Gasteiger partial charge in [0.2, 0.25) is 0 Å². The van der Waals surface area contributed by atoms with Crippen LogP contribution in [-0.4, -0.2) is 23.4 Å². The number of rotatable bonds is 2. The molecule has 3 rings (SSSR count). The third kappa shape index (κ3) is 1.04. The Morgan fingerprint density at radius 1 is 0.929 bits per heavy atom. The van der Waals surface area contributed by atoms with Crippen molar-refractivity contribution < 1.29 is 10.2 Å². The fourth-order valence-corrected chi connectivity index (χ4v) is 4.79. The Balaban J connectivity index is 1.84. The van der Waals surface area contributed by atoms with Gasteiger partial charge in [-0.2, -0.15) is 0 Å². The van der Waals surface area contributed by atoms with Gasteiger partial charge in [-0.25, -0.2) is 0 Å². The summed E-state index contributed by atoms with van der Waals surface area (Å²) in [4.78, 5) is 0. The minimum absolute atomic E-state index is 0.289. The van der Waals surface area contributed by atoms with Crippen LogP contribution in [0.2, 0.25) is 0 Å². The predicted molar refractivity (Wildman–Crippen MR) is 53.6 cm³/mol. The van der Waals surface area contributed by atoms with E-state index in [-0.39, 0.29) is 6.61 Å². The molecule has 0 aromatic carbocycles. The fourth-order valence-electron chi connectivity index (χ4n) is 4.79. The topological polar surface area (TPSA) is 40.5 Å². The van der Waals surface area contributed by atoms with E-state index < -0.39 is 0 Å². The van der Waals surface area contributed by atoms with Crippen molar-refractivity contribution in [3.8, 4) is 0 Å².